The third-order valence-electron chi connectivity index (χ3n) is 3.19. The summed E-state index contributed by atoms with van der Waals surface area (Å²) in [6.45, 7) is 0.859. The summed E-state index contributed by atoms with van der Waals surface area (Å²) in [5.41, 5.74) is 0. The first kappa shape index (κ1) is 11.3. The van der Waals surface area contributed by atoms with E-state index in [9.17, 15) is 4.79 Å². The van der Waals surface area contributed by atoms with Gasteiger partial charge in [0, 0.05) is 12.6 Å². The molecule has 2 aliphatic heterocycles. The summed E-state index contributed by atoms with van der Waals surface area (Å²) >= 11 is 2.03. The maximum Gasteiger partial charge on any atom is 0.237 e. The fourth-order valence-electron chi connectivity index (χ4n) is 2.25. The van der Waals surface area contributed by atoms with E-state index >= 15 is 0 Å². The van der Waals surface area contributed by atoms with E-state index in [1.165, 1.54) is 24.3 Å². The van der Waals surface area contributed by atoms with Crippen LogP contribution in [0.15, 0.2) is 0 Å². The Kier molecular flexibility index (Phi) is 4.32. The smallest absolute Gasteiger partial charge is 0.237 e. The first-order valence-corrected chi connectivity index (χ1v) is 7.13. The Morgan fingerprint density at radius 2 is 2.00 bits per heavy atom. The summed E-state index contributed by atoms with van der Waals surface area (Å²) in [7, 11) is 0. The molecule has 4 heteroatoms. The highest BCUT2D eigenvalue weighted by atomic mass is 32.2. The fourth-order valence-corrected chi connectivity index (χ4v) is 3.35. The van der Waals surface area contributed by atoms with Crippen LogP contribution in [-0.4, -0.2) is 36.0 Å². The highest BCUT2D eigenvalue weighted by Gasteiger charge is 2.24. The molecule has 2 heterocycles. The zero-order valence-corrected chi connectivity index (χ0v) is 9.94. The molecule has 1 amide bonds. The Balaban J connectivity index is 1.82. The number of carbonyl (C=O) groups excluding carboxylic acids is 1. The van der Waals surface area contributed by atoms with Gasteiger partial charge in [-0.2, -0.15) is 11.8 Å². The summed E-state index contributed by atoms with van der Waals surface area (Å²) in [5.74, 6) is 2.70. The zero-order chi connectivity index (χ0) is 10.5. The summed E-state index contributed by atoms with van der Waals surface area (Å²) in [6, 6.07) is 0.640. The molecule has 2 N–H and O–H groups in total. The van der Waals surface area contributed by atoms with Gasteiger partial charge in [0.15, 0.2) is 0 Å². The van der Waals surface area contributed by atoms with Crippen molar-refractivity contribution < 1.29 is 4.79 Å². The Bertz CT molecular complexity index is 217. The molecule has 0 spiro atoms. The number of carbonyl (C=O) groups is 1. The monoisotopic (exact) mass is 228 g/mol. The third kappa shape index (κ3) is 3.38. The molecule has 1 atom stereocenters. The minimum absolute atomic E-state index is 0.0700. The molecule has 86 valence electrons. The van der Waals surface area contributed by atoms with Crippen molar-refractivity contribution in [2.75, 3.05) is 18.1 Å². The second kappa shape index (κ2) is 5.75. The van der Waals surface area contributed by atoms with E-state index in [4.69, 9.17) is 0 Å². The molecular formula is C11H20N2OS. The summed E-state index contributed by atoms with van der Waals surface area (Å²) in [4.78, 5) is 11.7. The van der Waals surface area contributed by atoms with Gasteiger partial charge in [-0.1, -0.05) is 0 Å². The van der Waals surface area contributed by atoms with E-state index in [1.807, 2.05) is 11.8 Å². The van der Waals surface area contributed by atoms with Crippen molar-refractivity contribution in [3.8, 4) is 0 Å². The van der Waals surface area contributed by atoms with Crippen molar-refractivity contribution in [3.63, 3.8) is 0 Å². The van der Waals surface area contributed by atoms with Crippen LogP contribution in [0.1, 0.15) is 32.1 Å². The van der Waals surface area contributed by atoms with Gasteiger partial charge in [0.1, 0.15) is 0 Å². The van der Waals surface area contributed by atoms with Crippen LogP contribution >= 0.6 is 11.8 Å². The normalized spacial score (nSPS) is 29.6. The van der Waals surface area contributed by atoms with Gasteiger partial charge < -0.3 is 10.6 Å². The number of thioether (sulfide) groups is 1. The molecule has 0 aromatic heterocycles. The lowest BCUT2D eigenvalue weighted by Crippen LogP contribution is -2.48. The molecule has 0 bridgehead atoms. The molecule has 2 aliphatic rings. The molecule has 0 saturated carbocycles. The lowest BCUT2D eigenvalue weighted by molar-refractivity contribution is -0.123. The summed E-state index contributed by atoms with van der Waals surface area (Å²) in [5, 5.41) is 6.50. The average molecular weight is 228 g/mol. The molecule has 0 aromatic carbocycles. The van der Waals surface area contributed by atoms with E-state index in [1.54, 1.807) is 0 Å². The van der Waals surface area contributed by atoms with Crippen molar-refractivity contribution in [3.05, 3.63) is 0 Å². The van der Waals surface area contributed by atoms with Crippen molar-refractivity contribution in [2.24, 2.45) is 0 Å². The minimum atomic E-state index is 0.0700. The maximum absolute atomic E-state index is 11.7. The minimum Gasteiger partial charge on any atom is -0.355 e. The van der Waals surface area contributed by atoms with Crippen LogP contribution in [0.25, 0.3) is 0 Å². The second-order valence-corrected chi connectivity index (χ2v) is 5.62. The highest BCUT2D eigenvalue weighted by molar-refractivity contribution is 7.99. The van der Waals surface area contributed by atoms with E-state index in [0.717, 1.165) is 25.8 Å². The SMILES string of the molecule is O=C1NCCCCC1NC1CCSCC1. The number of rotatable bonds is 2. The van der Waals surface area contributed by atoms with Gasteiger partial charge in [0.2, 0.25) is 5.91 Å². The predicted octanol–water partition coefficient (Wildman–Crippen LogP) is 1.14. The van der Waals surface area contributed by atoms with Gasteiger partial charge in [-0.05, 0) is 43.6 Å². The molecular weight excluding hydrogens is 208 g/mol. The average Bonchev–Trinajstić information content (AvgIpc) is 2.46. The second-order valence-electron chi connectivity index (χ2n) is 4.39. The Hall–Kier alpha value is -0.220. The largest absolute Gasteiger partial charge is 0.355 e. The van der Waals surface area contributed by atoms with Crippen LogP contribution in [0.5, 0.6) is 0 Å². The Labute approximate surface area is 95.8 Å². The van der Waals surface area contributed by atoms with Gasteiger partial charge in [0.05, 0.1) is 6.04 Å². The first-order valence-electron chi connectivity index (χ1n) is 5.98. The molecule has 2 rings (SSSR count). The fraction of sp³-hybridized carbons (Fsp3) is 0.909. The van der Waals surface area contributed by atoms with E-state index in [0.29, 0.717) is 6.04 Å². The van der Waals surface area contributed by atoms with E-state index in [-0.39, 0.29) is 11.9 Å². The highest BCUT2D eigenvalue weighted by Crippen LogP contribution is 2.18. The zero-order valence-electron chi connectivity index (χ0n) is 9.13. The maximum atomic E-state index is 11.7. The number of amides is 1. The van der Waals surface area contributed by atoms with Crippen molar-refractivity contribution in [1.82, 2.24) is 10.6 Å². The van der Waals surface area contributed by atoms with Crippen LogP contribution in [0, 0.1) is 0 Å². The van der Waals surface area contributed by atoms with Crippen molar-refractivity contribution in [1.29, 1.82) is 0 Å². The topological polar surface area (TPSA) is 41.1 Å². The molecule has 15 heavy (non-hydrogen) atoms. The van der Waals surface area contributed by atoms with Gasteiger partial charge in [-0.25, -0.2) is 0 Å². The van der Waals surface area contributed by atoms with Crippen LogP contribution in [0.4, 0.5) is 0 Å². The lowest BCUT2D eigenvalue weighted by Gasteiger charge is -2.26. The summed E-state index contributed by atoms with van der Waals surface area (Å²) in [6.07, 6.45) is 5.74. The van der Waals surface area contributed by atoms with Crippen LogP contribution in [0.2, 0.25) is 0 Å². The Morgan fingerprint density at radius 3 is 2.80 bits per heavy atom. The van der Waals surface area contributed by atoms with Crippen molar-refractivity contribution in [2.45, 2.75) is 44.2 Å². The molecule has 3 nitrogen and oxygen atoms in total. The molecule has 2 saturated heterocycles. The van der Waals surface area contributed by atoms with Gasteiger partial charge in [-0.15, -0.1) is 0 Å². The standard InChI is InChI=1S/C11H20N2OS/c14-11-10(3-1-2-6-12-11)13-9-4-7-15-8-5-9/h9-10,13H,1-8H2,(H,12,14). The van der Waals surface area contributed by atoms with Gasteiger partial charge in [0.25, 0.3) is 0 Å². The number of nitrogens with one attached hydrogen (secondary N) is 2. The lowest BCUT2D eigenvalue weighted by atomic mass is 10.1. The van der Waals surface area contributed by atoms with Gasteiger partial charge in [-0.3, -0.25) is 4.79 Å². The van der Waals surface area contributed by atoms with Crippen LogP contribution < -0.4 is 10.6 Å². The molecule has 1 unspecified atom stereocenters. The van der Waals surface area contributed by atoms with E-state index < -0.39 is 0 Å². The molecule has 2 fully saturated rings. The number of hydrogen-bond acceptors (Lipinski definition) is 3. The van der Waals surface area contributed by atoms with Crippen LogP contribution in [0.3, 0.4) is 0 Å². The van der Waals surface area contributed by atoms with Crippen LogP contribution in [-0.2, 0) is 4.79 Å². The van der Waals surface area contributed by atoms with E-state index in [2.05, 4.69) is 10.6 Å². The molecule has 0 radical (unpaired) electrons. The molecule has 0 aromatic rings. The quantitative estimate of drug-likeness (QED) is 0.745. The number of hydrogen-bond donors (Lipinski definition) is 2. The van der Waals surface area contributed by atoms with Crippen molar-refractivity contribution >= 4 is 17.7 Å². The molecule has 0 aliphatic carbocycles. The predicted molar refractivity (Wildman–Crippen MR) is 64.1 cm³/mol. The summed E-state index contributed by atoms with van der Waals surface area (Å²) < 4.78 is 0. The Morgan fingerprint density at radius 1 is 1.20 bits per heavy atom. The first-order chi connectivity index (χ1) is 7.36. The third-order valence-corrected chi connectivity index (χ3v) is 4.24. The van der Waals surface area contributed by atoms with Gasteiger partial charge >= 0.3 is 0 Å².